The Kier molecular flexibility index (Phi) is 2.90. The van der Waals surface area contributed by atoms with Gasteiger partial charge in [0.2, 0.25) is 0 Å². The van der Waals surface area contributed by atoms with E-state index in [1.807, 2.05) is 6.07 Å². The van der Waals surface area contributed by atoms with Crippen molar-refractivity contribution in [3.05, 3.63) is 35.2 Å². The van der Waals surface area contributed by atoms with E-state index < -0.39 is 0 Å². The number of hydrogen-bond acceptors (Lipinski definition) is 5. The molecule has 1 atom stereocenters. The molecule has 2 rings (SSSR count). The Morgan fingerprint density at radius 3 is 3.14 bits per heavy atom. The minimum absolute atomic E-state index is 0.152. The van der Waals surface area contributed by atoms with E-state index in [1.165, 1.54) is 11.5 Å². The van der Waals surface area contributed by atoms with Crippen LogP contribution in [0.1, 0.15) is 23.4 Å². The Morgan fingerprint density at radius 1 is 1.64 bits per heavy atom. The van der Waals surface area contributed by atoms with Gasteiger partial charge in [0.1, 0.15) is 0 Å². The van der Waals surface area contributed by atoms with Crippen molar-refractivity contribution in [1.82, 2.24) is 14.9 Å². The third-order valence-corrected chi connectivity index (χ3v) is 2.68. The maximum Gasteiger partial charge on any atom is 0.0954 e. The van der Waals surface area contributed by atoms with Gasteiger partial charge in [0.25, 0.3) is 0 Å². The van der Waals surface area contributed by atoms with E-state index in [-0.39, 0.29) is 6.04 Å². The third kappa shape index (κ3) is 1.83. The lowest BCUT2D eigenvalue weighted by Gasteiger charge is -2.12. The molecule has 4 nitrogen and oxygen atoms in total. The number of furan rings is 1. The van der Waals surface area contributed by atoms with E-state index in [2.05, 4.69) is 21.8 Å². The summed E-state index contributed by atoms with van der Waals surface area (Å²) in [5, 5.41) is 7.19. The van der Waals surface area contributed by atoms with E-state index >= 15 is 0 Å². The summed E-state index contributed by atoms with van der Waals surface area (Å²) in [6.07, 6.45) is 5.20. The Labute approximate surface area is 86.1 Å². The minimum atomic E-state index is 0.152. The highest BCUT2D eigenvalue weighted by atomic mass is 32.1. The van der Waals surface area contributed by atoms with Gasteiger partial charge in [-0.15, -0.1) is 5.10 Å². The van der Waals surface area contributed by atoms with Gasteiger partial charge in [-0.05, 0) is 24.1 Å². The summed E-state index contributed by atoms with van der Waals surface area (Å²) in [4.78, 5) is 1.10. The average molecular weight is 209 g/mol. The van der Waals surface area contributed by atoms with E-state index in [4.69, 9.17) is 4.42 Å². The first-order chi connectivity index (χ1) is 6.92. The molecule has 5 heteroatoms. The summed E-state index contributed by atoms with van der Waals surface area (Å²) in [6, 6.07) is 2.10. The van der Waals surface area contributed by atoms with Crippen LogP contribution in [0.25, 0.3) is 0 Å². The van der Waals surface area contributed by atoms with E-state index in [0.717, 1.165) is 17.0 Å². The zero-order valence-electron chi connectivity index (χ0n) is 7.80. The van der Waals surface area contributed by atoms with Crippen molar-refractivity contribution in [2.24, 2.45) is 0 Å². The lowest BCUT2D eigenvalue weighted by molar-refractivity contribution is 0.554. The molecule has 2 heterocycles. The van der Waals surface area contributed by atoms with E-state index in [1.54, 1.807) is 18.7 Å². The fraction of sp³-hybridized carbons (Fsp3) is 0.333. The Balaban J connectivity index is 2.25. The Morgan fingerprint density at radius 2 is 2.57 bits per heavy atom. The minimum Gasteiger partial charge on any atom is -0.472 e. The normalized spacial score (nSPS) is 12.9. The fourth-order valence-electron chi connectivity index (χ4n) is 1.33. The highest BCUT2D eigenvalue weighted by Crippen LogP contribution is 2.23. The molecule has 0 amide bonds. The molecule has 2 aromatic heterocycles. The maximum absolute atomic E-state index is 5.06. The van der Waals surface area contributed by atoms with Gasteiger partial charge in [0.05, 0.1) is 29.6 Å². The average Bonchev–Trinajstić information content (AvgIpc) is 2.87. The highest BCUT2D eigenvalue weighted by Gasteiger charge is 2.15. The number of aromatic nitrogens is 2. The lowest BCUT2D eigenvalue weighted by Crippen LogP contribution is -2.20. The summed E-state index contributed by atoms with van der Waals surface area (Å²) in [6.45, 7) is 2.97. The molecule has 0 aliphatic heterocycles. The van der Waals surface area contributed by atoms with Crippen molar-refractivity contribution in [2.45, 2.75) is 13.0 Å². The van der Waals surface area contributed by atoms with Crippen molar-refractivity contribution in [2.75, 3.05) is 6.54 Å². The van der Waals surface area contributed by atoms with E-state index in [0.29, 0.717) is 0 Å². The SMILES string of the molecule is CCNC(c1ccoc1)c1cnns1. The summed E-state index contributed by atoms with van der Waals surface area (Å²) < 4.78 is 8.92. The second-order valence-electron chi connectivity index (χ2n) is 2.87. The maximum atomic E-state index is 5.06. The Hall–Kier alpha value is -1.20. The van der Waals surface area contributed by atoms with Gasteiger partial charge in [-0.2, -0.15) is 0 Å². The second kappa shape index (κ2) is 4.34. The lowest BCUT2D eigenvalue weighted by atomic mass is 10.1. The van der Waals surface area contributed by atoms with Gasteiger partial charge in [-0.1, -0.05) is 11.4 Å². The van der Waals surface area contributed by atoms with Crippen molar-refractivity contribution < 1.29 is 4.42 Å². The molecule has 1 N–H and O–H groups in total. The van der Waals surface area contributed by atoms with Gasteiger partial charge in [0, 0.05) is 5.56 Å². The quantitative estimate of drug-likeness (QED) is 0.834. The van der Waals surface area contributed by atoms with Crippen LogP contribution in [0, 0.1) is 0 Å². The number of nitrogens with one attached hydrogen (secondary N) is 1. The molecule has 0 aliphatic rings. The summed E-state index contributed by atoms with van der Waals surface area (Å²) in [5.41, 5.74) is 1.11. The van der Waals surface area contributed by atoms with Crippen molar-refractivity contribution >= 4 is 11.5 Å². The number of rotatable bonds is 4. The van der Waals surface area contributed by atoms with Gasteiger partial charge < -0.3 is 9.73 Å². The van der Waals surface area contributed by atoms with Crippen LogP contribution in [0.2, 0.25) is 0 Å². The summed E-state index contributed by atoms with van der Waals surface area (Å²) in [7, 11) is 0. The molecular formula is C9H11N3OS. The molecule has 14 heavy (non-hydrogen) atoms. The molecular weight excluding hydrogens is 198 g/mol. The van der Waals surface area contributed by atoms with Crippen LogP contribution in [0.3, 0.4) is 0 Å². The summed E-state index contributed by atoms with van der Waals surface area (Å²) in [5.74, 6) is 0. The third-order valence-electron chi connectivity index (χ3n) is 1.95. The number of nitrogens with zero attached hydrogens (tertiary/aromatic N) is 2. The van der Waals surface area contributed by atoms with Gasteiger partial charge in [-0.25, -0.2) is 0 Å². The van der Waals surface area contributed by atoms with Gasteiger partial charge >= 0.3 is 0 Å². The standard InChI is InChI=1S/C9H11N3OS/c1-2-10-9(7-3-4-13-6-7)8-5-11-12-14-8/h3-6,9-10H,2H2,1H3. The molecule has 0 radical (unpaired) electrons. The fourth-order valence-corrected chi connectivity index (χ4v) is 1.94. The van der Waals surface area contributed by atoms with Crippen molar-refractivity contribution in [3.8, 4) is 0 Å². The molecule has 1 unspecified atom stereocenters. The van der Waals surface area contributed by atoms with Crippen LogP contribution >= 0.6 is 11.5 Å². The van der Waals surface area contributed by atoms with Gasteiger partial charge in [-0.3, -0.25) is 0 Å². The molecule has 0 aliphatic carbocycles. The highest BCUT2D eigenvalue weighted by molar-refractivity contribution is 7.05. The van der Waals surface area contributed by atoms with Gasteiger partial charge in [0.15, 0.2) is 0 Å². The molecule has 0 fully saturated rings. The predicted octanol–water partition coefficient (Wildman–Crippen LogP) is 1.83. The zero-order valence-corrected chi connectivity index (χ0v) is 8.62. The van der Waals surface area contributed by atoms with E-state index in [9.17, 15) is 0 Å². The molecule has 0 spiro atoms. The topological polar surface area (TPSA) is 51.0 Å². The van der Waals surface area contributed by atoms with Crippen molar-refractivity contribution in [3.63, 3.8) is 0 Å². The first kappa shape index (κ1) is 9.36. The number of hydrogen-bond donors (Lipinski definition) is 1. The van der Waals surface area contributed by atoms with Crippen LogP contribution in [0.5, 0.6) is 0 Å². The summed E-state index contributed by atoms with van der Waals surface area (Å²) >= 11 is 1.40. The van der Waals surface area contributed by atoms with Crippen LogP contribution < -0.4 is 5.32 Å². The molecule has 74 valence electrons. The first-order valence-electron chi connectivity index (χ1n) is 4.44. The predicted molar refractivity (Wildman–Crippen MR) is 54.1 cm³/mol. The second-order valence-corrected chi connectivity index (χ2v) is 3.68. The van der Waals surface area contributed by atoms with Crippen molar-refractivity contribution in [1.29, 1.82) is 0 Å². The van der Waals surface area contributed by atoms with Crippen LogP contribution in [-0.2, 0) is 0 Å². The van der Waals surface area contributed by atoms with Crippen LogP contribution in [-0.4, -0.2) is 16.1 Å². The van der Waals surface area contributed by atoms with Crippen LogP contribution in [0.15, 0.2) is 29.2 Å². The Bertz CT molecular complexity index is 323. The zero-order chi connectivity index (χ0) is 9.80. The first-order valence-corrected chi connectivity index (χ1v) is 5.22. The smallest absolute Gasteiger partial charge is 0.0954 e. The molecule has 0 saturated carbocycles. The molecule has 0 saturated heterocycles. The molecule has 0 bridgehead atoms. The molecule has 2 aromatic rings. The largest absolute Gasteiger partial charge is 0.472 e. The van der Waals surface area contributed by atoms with Crippen LogP contribution in [0.4, 0.5) is 0 Å². The molecule has 0 aromatic carbocycles. The monoisotopic (exact) mass is 209 g/mol.